The van der Waals surface area contributed by atoms with Gasteiger partial charge in [0, 0.05) is 11.1 Å². The lowest BCUT2D eigenvalue weighted by molar-refractivity contribution is 0.465. The van der Waals surface area contributed by atoms with Crippen LogP contribution in [0.3, 0.4) is 0 Å². The van der Waals surface area contributed by atoms with E-state index in [4.69, 9.17) is 4.99 Å². The molecule has 4 aliphatic rings. The van der Waals surface area contributed by atoms with Gasteiger partial charge in [-0.05, 0) is 71.2 Å². The van der Waals surface area contributed by atoms with E-state index >= 15 is 0 Å². The van der Waals surface area contributed by atoms with Crippen LogP contribution in [0.2, 0.25) is 0 Å². The van der Waals surface area contributed by atoms with Crippen LogP contribution >= 0.6 is 0 Å². The summed E-state index contributed by atoms with van der Waals surface area (Å²) in [6.07, 6.45) is 3.46. The quantitative estimate of drug-likeness (QED) is 0.259. The minimum atomic E-state index is -0.0806. The van der Waals surface area contributed by atoms with Crippen molar-refractivity contribution in [2.45, 2.75) is 38.6 Å². The maximum absolute atomic E-state index is 11.7. The van der Waals surface area contributed by atoms with Gasteiger partial charge in [0.1, 0.15) is 5.75 Å². The number of nitrogens with zero attached hydrogens (tertiary/aromatic N) is 1. The molecular weight excluding hydrogens is 450 g/mol. The van der Waals surface area contributed by atoms with Gasteiger partial charge in [0.05, 0.1) is 11.8 Å². The minimum absolute atomic E-state index is 0.0806. The summed E-state index contributed by atoms with van der Waals surface area (Å²) in [6, 6.07) is 38.4. The first kappa shape index (κ1) is 23.2. The number of hydrogen-bond acceptors (Lipinski definition) is 2. The average molecular weight is 482 g/mol. The molecular formula is C35H31NO. The normalized spacial score (nSPS) is 14.4. The number of phenols is 1. The predicted molar refractivity (Wildman–Crippen MR) is 154 cm³/mol. The number of hydrogen-bond donors (Lipinski definition) is 1. The van der Waals surface area contributed by atoms with Gasteiger partial charge < -0.3 is 5.11 Å². The highest BCUT2D eigenvalue weighted by Gasteiger charge is 2.21. The van der Waals surface area contributed by atoms with Crippen LogP contribution < -0.4 is 0 Å². The van der Waals surface area contributed by atoms with Gasteiger partial charge in [0.25, 0.3) is 0 Å². The highest BCUT2D eigenvalue weighted by atomic mass is 16.3. The second kappa shape index (κ2) is 10.1. The van der Waals surface area contributed by atoms with Gasteiger partial charge in [0.2, 0.25) is 0 Å². The fourth-order valence-electron chi connectivity index (χ4n) is 5.54. The molecule has 0 aromatic heterocycles. The second-order valence-electron chi connectivity index (χ2n) is 10.0. The van der Waals surface area contributed by atoms with Crippen LogP contribution in [0.15, 0.2) is 114 Å². The molecule has 0 saturated carbocycles. The molecule has 2 nitrogen and oxygen atoms in total. The third kappa shape index (κ3) is 4.68. The zero-order chi connectivity index (χ0) is 25.2. The summed E-state index contributed by atoms with van der Waals surface area (Å²) in [5.41, 5.74) is 8.70. The first-order valence-corrected chi connectivity index (χ1v) is 13.2. The van der Waals surface area contributed by atoms with Gasteiger partial charge in [-0.25, -0.2) is 0 Å². The van der Waals surface area contributed by atoms with E-state index in [2.05, 4.69) is 97.9 Å². The molecule has 0 heterocycles. The van der Waals surface area contributed by atoms with Gasteiger partial charge >= 0.3 is 0 Å². The van der Waals surface area contributed by atoms with Gasteiger partial charge in [-0.3, -0.25) is 4.99 Å². The Hall–Kier alpha value is -4.17. The molecule has 0 unspecified atom stereocenters. The molecule has 4 bridgehead atoms. The molecule has 4 aliphatic carbocycles. The van der Waals surface area contributed by atoms with Crippen LogP contribution in [-0.2, 0) is 25.7 Å². The van der Waals surface area contributed by atoms with Crippen molar-refractivity contribution in [2.75, 3.05) is 0 Å². The molecule has 0 amide bonds. The standard InChI is InChI=1S/C35H31NO/c1-24(31-13-7-11-27-8-5-6-12-32(27)31)36-34(29-9-3-2-4-10-29)33-28-20-18-25-14-16-26(17-15-25)19-21-30(23-22-28)35(33)37/h2-17,22-24,37H,18-21H2,1H3/t24-/m0/s1. The van der Waals surface area contributed by atoms with Crippen molar-refractivity contribution in [3.05, 3.63) is 148 Å². The predicted octanol–water partition coefficient (Wildman–Crippen LogP) is 8.03. The summed E-state index contributed by atoms with van der Waals surface area (Å²) in [5, 5.41) is 14.2. The molecule has 0 spiro atoms. The zero-order valence-electron chi connectivity index (χ0n) is 21.2. The first-order chi connectivity index (χ1) is 18.2. The Morgan fingerprint density at radius 2 is 1.27 bits per heavy atom. The molecule has 9 rings (SSSR count). The van der Waals surface area contributed by atoms with Crippen LogP contribution in [0.1, 0.15) is 51.9 Å². The Morgan fingerprint density at radius 1 is 0.649 bits per heavy atom. The summed E-state index contributed by atoms with van der Waals surface area (Å²) in [5.74, 6) is 0.375. The lowest BCUT2D eigenvalue weighted by Crippen LogP contribution is -2.12. The van der Waals surface area contributed by atoms with Crippen molar-refractivity contribution >= 4 is 16.5 Å². The highest BCUT2D eigenvalue weighted by Crippen LogP contribution is 2.34. The van der Waals surface area contributed by atoms with Crippen LogP contribution in [0, 0.1) is 0 Å². The molecule has 2 heteroatoms. The number of phenolic OH excluding ortho intramolecular Hbond substituents is 1. The molecule has 0 saturated heterocycles. The molecule has 182 valence electrons. The lowest BCUT2D eigenvalue weighted by Gasteiger charge is -2.20. The third-order valence-electron chi connectivity index (χ3n) is 7.62. The maximum Gasteiger partial charge on any atom is 0.128 e. The zero-order valence-corrected chi connectivity index (χ0v) is 21.2. The molecule has 0 aliphatic heterocycles. The van der Waals surface area contributed by atoms with Crippen LogP contribution in [0.25, 0.3) is 10.8 Å². The number of aromatic hydroxyl groups is 1. The van der Waals surface area contributed by atoms with E-state index in [9.17, 15) is 5.11 Å². The van der Waals surface area contributed by atoms with Crippen molar-refractivity contribution in [1.82, 2.24) is 0 Å². The van der Waals surface area contributed by atoms with Gasteiger partial charge in [-0.1, -0.05) is 109 Å². The van der Waals surface area contributed by atoms with Gasteiger partial charge in [-0.2, -0.15) is 0 Å². The van der Waals surface area contributed by atoms with E-state index in [-0.39, 0.29) is 6.04 Å². The summed E-state index contributed by atoms with van der Waals surface area (Å²) >= 11 is 0. The molecule has 0 radical (unpaired) electrons. The van der Waals surface area contributed by atoms with E-state index in [1.165, 1.54) is 27.5 Å². The number of aliphatic imine (C=N–C) groups is 1. The van der Waals surface area contributed by atoms with Crippen molar-refractivity contribution in [3.8, 4) is 5.75 Å². The third-order valence-corrected chi connectivity index (χ3v) is 7.62. The van der Waals surface area contributed by atoms with E-state index in [1.54, 1.807) is 0 Å². The number of benzene rings is 5. The monoisotopic (exact) mass is 481 g/mol. The Bertz CT molecular complexity index is 1580. The first-order valence-electron chi connectivity index (χ1n) is 13.2. The number of aryl methyl sites for hydroxylation is 4. The van der Waals surface area contributed by atoms with E-state index in [1.807, 2.05) is 18.2 Å². The Labute approximate surface area is 219 Å². The molecule has 5 aromatic rings. The Balaban J connectivity index is 1.53. The summed E-state index contributed by atoms with van der Waals surface area (Å²) in [4.78, 5) is 5.37. The summed E-state index contributed by atoms with van der Waals surface area (Å²) in [6.45, 7) is 2.16. The largest absolute Gasteiger partial charge is 0.507 e. The summed E-state index contributed by atoms with van der Waals surface area (Å²) in [7, 11) is 0. The second-order valence-corrected chi connectivity index (χ2v) is 10.0. The molecule has 1 N–H and O–H groups in total. The molecule has 0 fully saturated rings. The molecule has 37 heavy (non-hydrogen) atoms. The van der Waals surface area contributed by atoms with E-state index in [0.717, 1.165) is 53.6 Å². The van der Waals surface area contributed by atoms with Crippen LogP contribution in [0.4, 0.5) is 0 Å². The molecule has 1 atom stereocenters. The van der Waals surface area contributed by atoms with E-state index in [0.29, 0.717) is 5.75 Å². The molecule has 5 aromatic carbocycles. The van der Waals surface area contributed by atoms with E-state index < -0.39 is 0 Å². The smallest absolute Gasteiger partial charge is 0.128 e. The average Bonchev–Trinajstić information content (AvgIpc) is 2.94. The van der Waals surface area contributed by atoms with Crippen molar-refractivity contribution in [1.29, 1.82) is 0 Å². The Morgan fingerprint density at radius 3 is 2.03 bits per heavy atom. The maximum atomic E-state index is 11.7. The Kier molecular flexibility index (Phi) is 6.32. The van der Waals surface area contributed by atoms with Gasteiger partial charge in [0.15, 0.2) is 0 Å². The summed E-state index contributed by atoms with van der Waals surface area (Å²) < 4.78 is 0. The van der Waals surface area contributed by atoms with Crippen molar-refractivity contribution < 1.29 is 5.11 Å². The number of fused-ring (bicyclic) bond motifs is 1. The van der Waals surface area contributed by atoms with Crippen LogP contribution in [0.5, 0.6) is 5.75 Å². The van der Waals surface area contributed by atoms with Crippen LogP contribution in [-0.4, -0.2) is 10.8 Å². The SMILES string of the molecule is C[C@H](N=C(c1ccccc1)c1c2ccc(c1O)CCc1ccc(cc1)CC2)c1cccc2ccccc12. The van der Waals surface area contributed by atoms with Gasteiger partial charge in [-0.15, -0.1) is 0 Å². The fraction of sp³-hybridized carbons (Fsp3) is 0.171. The van der Waals surface area contributed by atoms with Crippen molar-refractivity contribution in [3.63, 3.8) is 0 Å². The fourth-order valence-corrected chi connectivity index (χ4v) is 5.54. The lowest BCUT2D eigenvalue weighted by atomic mass is 9.88. The number of rotatable bonds is 4. The topological polar surface area (TPSA) is 32.6 Å². The minimum Gasteiger partial charge on any atom is -0.507 e. The highest BCUT2D eigenvalue weighted by molar-refractivity contribution is 6.15. The van der Waals surface area contributed by atoms with Crippen molar-refractivity contribution in [2.24, 2.45) is 4.99 Å².